The summed E-state index contributed by atoms with van der Waals surface area (Å²) in [6, 6.07) is 20.8. The minimum atomic E-state index is 0.0570. The van der Waals surface area contributed by atoms with Gasteiger partial charge in [-0.3, -0.25) is 4.79 Å². The zero-order chi connectivity index (χ0) is 30.7. The number of methoxy groups -OCH3 is 2. The van der Waals surface area contributed by atoms with Crippen molar-refractivity contribution in [1.82, 2.24) is 5.32 Å². The van der Waals surface area contributed by atoms with Crippen LogP contribution in [0.15, 0.2) is 60.7 Å². The number of hydrogen-bond donors (Lipinski definition) is 1. The summed E-state index contributed by atoms with van der Waals surface area (Å²) in [5.74, 6) is 2.88. The molecule has 3 aromatic carbocycles. The number of nitrogens with one attached hydrogen (secondary N) is 1. The Labute approximate surface area is 261 Å². The van der Waals surface area contributed by atoms with Crippen molar-refractivity contribution in [2.75, 3.05) is 58.6 Å². The largest absolute Gasteiger partial charge is 0.493 e. The van der Waals surface area contributed by atoms with E-state index in [9.17, 15) is 4.79 Å². The second-order valence-electron chi connectivity index (χ2n) is 11.5. The molecule has 2 aliphatic rings. The molecule has 2 aliphatic heterocycles. The van der Waals surface area contributed by atoms with Gasteiger partial charge >= 0.3 is 0 Å². The number of amides is 1. The Kier molecular flexibility index (Phi) is 11.5. The molecule has 0 unspecified atom stereocenters. The standard InChI is InChI=1S/C36H46N2O6/c1-26-7-4-8-33(41-3)36(26)43-22-6-21-42-30-14-11-28(12-15-30)31-17-18-37-24-34(31)44-25-27-9-10-29-13-16-35(39)38(32(29)23-27)19-5-20-40-2/h4,7-12,14-15,23,31,34,37H,5-6,13,16-22,24-25H2,1-3H3/t31-,34+/m1/s1. The molecule has 0 bridgehead atoms. The molecule has 3 aromatic rings. The van der Waals surface area contributed by atoms with E-state index in [-0.39, 0.29) is 12.0 Å². The van der Waals surface area contributed by atoms with Gasteiger partial charge in [-0.15, -0.1) is 0 Å². The summed E-state index contributed by atoms with van der Waals surface area (Å²) in [5, 5.41) is 3.50. The zero-order valence-electron chi connectivity index (χ0n) is 26.3. The number of carbonyl (C=O) groups excluding carboxylic acids is 1. The Bertz CT molecular complexity index is 1360. The van der Waals surface area contributed by atoms with E-state index < -0.39 is 0 Å². The molecule has 44 heavy (non-hydrogen) atoms. The van der Waals surface area contributed by atoms with Crippen LogP contribution < -0.4 is 24.4 Å². The lowest BCUT2D eigenvalue weighted by Gasteiger charge is -2.33. The van der Waals surface area contributed by atoms with Crippen molar-refractivity contribution in [2.24, 2.45) is 0 Å². The van der Waals surface area contributed by atoms with Crippen molar-refractivity contribution in [3.8, 4) is 17.2 Å². The molecule has 1 amide bonds. The van der Waals surface area contributed by atoms with Crippen molar-refractivity contribution < 1.29 is 28.5 Å². The van der Waals surface area contributed by atoms with Crippen LogP contribution >= 0.6 is 0 Å². The van der Waals surface area contributed by atoms with E-state index in [1.807, 2.05) is 30.0 Å². The molecule has 5 rings (SSSR count). The van der Waals surface area contributed by atoms with E-state index in [2.05, 4.69) is 47.8 Å². The number of aryl methyl sites for hydroxylation is 2. The molecular weight excluding hydrogens is 556 g/mol. The van der Waals surface area contributed by atoms with Crippen molar-refractivity contribution in [1.29, 1.82) is 0 Å². The zero-order valence-corrected chi connectivity index (χ0v) is 26.3. The number of anilines is 1. The highest BCUT2D eigenvalue weighted by Gasteiger charge is 2.28. The summed E-state index contributed by atoms with van der Waals surface area (Å²) < 4.78 is 29.1. The number of rotatable bonds is 15. The minimum absolute atomic E-state index is 0.0570. The lowest BCUT2D eigenvalue weighted by Crippen LogP contribution is -2.41. The van der Waals surface area contributed by atoms with Gasteiger partial charge in [0.1, 0.15) is 5.75 Å². The summed E-state index contributed by atoms with van der Waals surface area (Å²) in [6.07, 6.45) is 4.01. The van der Waals surface area contributed by atoms with E-state index in [0.717, 1.165) is 72.8 Å². The van der Waals surface area contributed by atoms with Gasteiger partial charge in [-0.05, 0) is 79.3 Å². The maximum Gasteiger partial charge on any atom is 0.227 e. The number of benzene rings is 3. The lowest BCUT2D eigenvalue weighted by molar-refractivity contribution is -0.118. The monoisotopic (exact) mass is 602 g/mol. The maximum atomic E-state index is 12.7. The normalized spacial score (nSPS) is 18.2. The number of piperidine rings is 1. The van der Waals surface area contributed by atoms with Crippen molar-refractivity contribution in [2.45, 2.75) is 57.7 Å². The van der Waals surface area contributed by atoms with Gasteiger partial charge in [0.2, 0.25) is 5.91 Å². The van der Waals surface area contributed by atoms with Crippen LogP contribution in [-0.4, -0.2) is 65.7 Å². The van der Waals surface area contributed by atoms with Crippen LogP contribution in [0, 0.1) is 6.92 Å². The predicted octanol–water partition coefficient (Wildman–Crippen LogP) is 5.83. The molecule has 1 saturated heterocycles. The fraction of sp³-hybridized carbons (Fsp3) is 0.472. The van der Waals surface area contributed by atoms with Crippen molar-refractivity contribution in [3.63, 3.8) is 0 Å². The Morgan fingerprint density at radius 3 is 2.59 bits per heavy atom. The summed E-state index contributed by atoms with van der Waals surface area (Å²) in [7, 11) is 3.35. The van der Waals surface area contributed by atoms with E-state index >= 15 is 0 Å². The first-order valence-electron chi connectivity index (χ1n) is 15.8. The van der Waals surface area contributed by atoms with Gasteiger partial charge in [-0.25, -0.2) is 0 Å². The molecule has 0 saturated carbocycles. The summed E-state index contributed by atoms with van der Waals surface area (Å²) in [4.78, 5) is 14.6. The highest BCUT2D eigenvalue weighted by molar-refractivity contribution is 5.96. The second kappa shape index (κ2) is 15.9. The van der Waals surface area contributed by atoms with E-state index in [1.165, 1.54) is 11.1 Å². The highest BCUT2D eigenvalue weighted by atomic mass is 16.5. The van der Waals surface area contributed by atoms with Gasteiger partial charge < -0.3 is 33.9 Å². The number of para-hydroxylation sites is 1. The van der Waals surface area contributed by atoms with Crippen molar-refractivity contribution in [3.05, 3.63) is 82.9 Å². The Morgan fingerprint density at radius 2 is 1.77 bits per heavy atom. The first-order valence-corrected chi connectivity index (χ1v) is 15.8. The molecule has 236 valence electrons. The lowest BCUT2D eigenvalue weighted by atomic mass is 9.87. The Balaban J connectivity index is 1.13. The minimum Gasteiger partial charge on any atom is -0.493 e. The summed E-state index contributed by atoms with van der Waals surface area (Å²) in [6.45, 7) is 6.74. The van der Waals surface area contributed by atoms with Crippen LogP contribution in [-0.2, 0) is 27.3 Å². The quantitative estimate of drug-likeness (QED) is 0.219. The van der Waals surface area contributed by atoms with Crippen LogP contribution in [0.1, 0.15) is 53.9 Å². The number of ether oxygens (including phenoxy) is 5. The molecule has 2 heterocycles. The van der Waals surface area contributed by atoms with Crippen LogP contribution in [0.4, 0.5) is 5.69 Å². The molecule has 0 spiro atoms. The third-order valence-electron chi connectivity index (χ3n) is 8.48. The molecule has 0 radical (unpaired) electrons. The molecule has 8 heteroatoms. The number of nitrogens with zero attached hydrogens (tertiary/aromatic N) is 1. The molecule has 2 atom stereocenters. The molecule has 0 aromatic heterocycles. The molecule has 1 N–H and O–H groups in total. The smallest absolute Gasteiger partial charge is 0.227 e. The van der Waals surface area contributed by atoms with Crippen LogP contribution in [0.2, 0.25) is 0 Å². The van der Waals surface area contributed by atoms with Crippen molar-refractivity contribution >= 4 is 11.6 Å². The van der Waals surface area contributed by atoms with E-state index in [1.54, 1.807) is 14.2 Å². The van der Waals surface area contributed by atoms with Gasteiger partial charge in [0.25, 0.3) is 0 Å². The van der Waals surface area contributed by atoms with Crippen LogP contribution in [0.5, 0.6) is 17.2 Å². The predicted molar refractivity (Wildman–Crippen MR) is 172 cm³/mol. The maximum absolute atomic E-state index is 12.7. The number of hydrogen-bond acceptors (Lipinski definition) is 7. The summed E-state index contributed by atoms with van der Waals surface area (Å²) >= 11 is 0. The van der Waals surface area contributed by atoms with Gasteiger partial charge in [0, 0.05) is 51.3 Å². The van der Waals surface area contributed by atoms with Gasteiger partial charge in [0.15, 0.2) is 11.5 Å². The second-order valence-corrected chi connectivity index (χ2v) is 11.5. The van der Waals surface area contributed by atoms with Crippen LogP contribution in [0.25, 0.3) is 0 Å². The topological polar surface area (TPSA) is 78.5 Å². The fourth-order valence-electron chi connectivity index (χ4n) is 6.08. The summed E-state index contributed by atoms with van der Waals surface area (Å²) in [5.41, 5.74) is 5.66. The molecule has 1 fully saturated rings. The molecular formula is C36H46N2O6. The third-order valence-corrected chi connectivity index (χ3v) is 8.48. The SMILES string of the molecule is COCCCN1C(=O)CCc2ccc(CO[C@H]3CNCC[C@@H]3c3ccc(OCCCOc4c(C)cccc4OC)cc3)cc21. The van der Waals surface area contributed by atoms with Gasteiger partial charge in [-0.2, -0.15) is 0 Å². The number of carbonyl (C=O) groups is 1. The Hall–Kier alpha value is -3.59. The average Bonchev–Trinajstić information content (AvgIpc) is 3.05. The molecule has 8 nitrogen and oxygen atoms in total. The third kappa shape index (κ3) is 8.11. The van der Waals surface area contributed by atoms with E-state index in [0.29, 0.717) is 45.3 Å². The van der Waals surface area contributed by atoms with Gasteiger partial charge in [-0.1, -0.05) is 36.4 Å². The Morgan fingerprint density at radius 1 is 0.932 bits per heavy atom. The first-order chi connectivity index (χ1) is 21.6. The molecule has 0 aliphatic carbocycles. The first kappa shape index (κ1) is 31.8. The highest BCUT2D eigenvalue weighted by Crippen LogP contribution is 2.33. The fourth-order valence-corrected chi connectivity index (χ4v) is 6.08. The van der Waals surface area contributed by atoms with Crippen LogP contribution in [0.3, 0.4) is 0 Å². The van der Waals surface area contributed by atoms with Gasteiger partial charge in [0.05, 0.1) is 33.0 Å². The average molecular weight is 603 g/mol. The van der Waals surface area contributed by atoms with E-state index in [4.69, 9.17) is 23.7 Å². The number of fused-ring (bicyclic) bond motifs is 1.